The van der Waals surface area contributed by atoms with Crippen molar-refractivity contribution in [2.45, 2.75) is 57.4 Å². The molecule has 1 aliphatic carbocycles. The maximum Gasteiger partial charge on any atom is 0.222 e. The van der Waals surface area contributed by atoms with Gasteiger partial charge in [-0.3, -0.25) is 14.7 Å². The summed E-state index contributed by atoms with van der Waals surface area (Å²) in [5, 5.41) is 0. The molecule has 1 aromatic heterocycles. The molecule has 1 amide bonds. The van der Waals surface area contributed by atoms with Crippen LogP contribution in [-0.4, -0.2) is 52.9 Å². The van der Waals surface area contributed by atoms with Crippen LogP contribution in [0.4, 0.5) is 0 Å². The number of nitrogens with zero attached hydrogens (tertiary/aromatic N) is 3. The van der Waals surface area contributed by atoms with Crippen LogP contribution in [0.15, 0.2) is 54.7 Å². The predicted molar refractivity (Wildman–Crippen MR) is 121 cm³/mol. The SMILES string of the molecule is O=C(CCCc1ccccc1)N1CCN(C2CCCC2)CC(Cc2ccccn2)C1. The molecule has 2 fully saturated rings. The monoisotopic (exact) mass is 405 g/mol. The van der Waals surface area contributed by atoms with Crippen LogP contribution in [0.5, 0.6) is 0 Å². The van der Waals surface area contributed by atoms with E-state index < -0.39 is 0 Å². The number of benzene rings is 1. The Morgan fingerprint density at radius 3 is 2.53 bits per heavy atom. The number of carbonyl (C=O) groups excluding carboxylic acids is 1. The molecule has 0 N–H and O–H groups in total. The van der Waals surface area contributed by atoms with Crippen LogP contribution in [0.2, 0.25) is 0 Å². The molecule has 0 spiro atoms. The van der Waals surface area contributed by atoms with Crippen LogP contribution in [0, 0.1) is 5.92 Å². The lowest BCUT2D eigenvalue weighted by Crippen LogP contribution is -2.38. The van der Waals surface area contributed by atoms with Gasteiger partial charge in [-0.25, -0.2) is 0 Å². The summed E-state index contributed by atoms with van der Waals surface area (Å²) >= 11 is 0. The highest BCUT2D eigenvalue weighted by atomic mass is 16.2. The van der Waals surface area contributed by atoms with E-state index in [1.54, 1.807) is 0 Å². The zero-order chi connectivity index (χ0) is 20.6. The van der Waals surface area contributed by atoms with Crippen LogP contribution in [-0.2, 0) is 17.6 Å². The Bertz CT molecular complexity index is 773. The number of aromatic nitrogens is 1. The number of hydrogen-bond donors (Lipinski definition) is 0. The highest BCUT2D eigenvalue weighted by molar-refractivity contribution is 5.76. The van der Waals surface area contributed by atoms with Gasteiger partial charge in [-0.2, -0.15) is 0 Å². The molecule has 1 unspecified atom stereocenters. The zero-order valence-corrected chi connectivity index (χ0v) is 18.1. The number of carbonyl (C=O) groups is 1. The van der Waals surface area contributed by atoms with Gasteiger partial charge in [-0.15, -0.1) is 0 Å². The molecule has 0 bridgehead atoms. The maximum absolute atomic E-state index is 13.1. The Labute approximate surface area is 181 Å². The molecular formula is C26H35N3O. The minimum atomic E-state index is 0.324. The third kappa shape index (κ3) is 5.91. The summed E-state index contributed by atoms with van der Waals surface area (Å²) in [5.41, 5.74) is 2.47. The zero-order valence-electron chi connectivity index (χ0n) is 18.1. The second-order valence-corrected chi connectivity index (χ2v) is 9.00. The van der Waals surface area contributed by atoms with Gasteiger partial charge in [0, 0.05) is 50.5 Å². The van der Waals surface area contributed by atoms with Crippen molar-refractivity contribution in [1.82, 2.24) is 14.8 Å². The lowest BCUT2D eigenvalue weighted by Gasteiger charge is -2.29. The van der Waals surface area contributed by atoms with Crippen molar-refractivity contribution in [1.29, 1.82) is 0 Å². The molecule has 1 saturated heterocycles. The van der Waals surface area contributed by atoms with E-state index in [0.29, 0.717) is 24.3 Å². The Kier molecular flexibility index (Phi) is 7.52. The van der Waals surface area contributed by atoms with Gasteiger partial charge in [0.15, 0.2) is 0 Å². The smallest absolute Gasteiger partial charge is 0.222 e. The minimum Gasteiger partial charge on any atom is -0.341 e. The Morgan fingerprint density at radius 2 is 1.77 bits per heavy atom. The summed E-state index contributed by atoms with van der Waals surface area (Å²) in [4.78, 5) is 22.4. The highest BCUT2D eigenvalue weighted by Crippen LogP contribution is 2.26. The Morgan fingerprint density at radius 1 is 0.967 bits per heavy atom. The quantitative estimate of drug-likeness (QED) is 0.687. The molecule has 4 rings (SSSR count). The largest absolute Gasteiger partial charge is 0.341 e. The lowest BCUT2D eigenvalue weighted by atomic mass is 10.0. The lowest BCUT2D eigenvalue weighted by molar-refractivity contribution is -0.131. The second-order valence-electron chi connectivity index (χ2n) is 9.00. The molecule has 1 aliphatic heterocycles. The molecular weight excluding hydrogens is 370 g/mol. The first-order valence-corrected chi connectivity index (χ1v) is 11.7. The molecule has 1 atom stereocenters. The average Bonchev–Trinajstić information content (AvgIpc) is 3.23. The summed E-state index contributed by atoms with van der Waals surface area (Å²) in [5.74, 6) is 0.784. The predicted octanol–water partition coefficient (Wildman–Crippen LogP) is 4.35. The normalized spacial score (nSPS) is 20.9. The summed E-state index contributed by atoms with van der Waals surface area (Å²) in [7, 11) is 0. The molecule has 160 valence electrons. The minimum absolute atomic E-state index is 0.324. The summed E-state index contributed by atoms with van der Waals surface area (Å²) < 4.78 is 0. The first-order chi connectivity index (χ1) is 14.8. The van der Waals surface area contributed by atoms with E-state index in [1.165, 1.54) is 31.2 Å². The van der Waals surface area contributed by atoms with Gasteiger partial charge in [0.05, 0.1) is 0 Å². The Hall–Kier alpha value is -2.20. The number of amides is 1. The van der Waals surface area contributed by atoms with Crippen molar-refractivity contribution < 1.29 is 4.79 Å². The molecule has 2 aromatic rings. The van der Waals surface area contributed by atoms with E-state index in [-0.39, 0.29) is 0 Å². The van der Waals surface area contributed by atoms with Crippen molar-refractivity contribution in [3.8, 4) is 0 Å². The van der Waals surface area contributed by atoms with Crippen LogP contribution < -0.4 is 0 Å². The maximum atomic E-state index is 13.1. The van der Waals surface area contributed by atoms with Gasteiger partial charge in [0.2, 0.25) is 5.91 Å². The number of rotatable bonds is 7. The molecule has 0 radical (unpaired) electrons. The van der Waals surface area contributed by atoms with Crippen LogP contribution in [0.1, 0.15) is 49.8 Å². The summed E-state index contributed by atoms with van der Waals surface area (Å²) in [6.45, 7) is 3.85. The van der Waals surface area contributed by atoms with Gasteiger partial charge in [-0.05, 0) is 55.7 Å². The number of hydrogen-bond acceptors (Lipinski definition) is 3. The molecule has 1 saturated carbocycles. The van der Waals surface area contributed by atoms with Gasteiger partial charge in [0.25, 0.3) is 0 Å². The van der Waals surface area contributed by atoms with E-state index in [4.69, 9.17) is 0 Å². The highest BCUT2D eigenvalue weighted by Gasteiger charge is 2.30. The molecule has 4 nitrogen and oxygen atoms in total. The topological polar surface area (TPSA) is 36.4 Å². The number of aryl methyl sites for hydroxylation is 1. The van der Waals surface area contributed by atoms with Gasteiger partial charge < -0.3 is 4.90 Å². The fourth-order valence-corrected chi connectivity index (χ4v) is 5.15. The summed E-state index contributed by atoms with van der Waals surface area (Å²) in [6.07, 6.45) is 10.7. The molecule has 2 heterocycles. The second kappa shape index (κ2) is 10.7. The first-order valence-electron chi connectivity index (χ1n) is 11.7. The van der Waals surface area contributed by atoms with E-state index >= 15 is 0 Å². The van der Waals surface area contributed by atoms with Crippen molar-refractivity contribution >= 4 is 5.91 Å². The van der Waals surface area contributed by atoms with Gasteiger partial charge in [-0.1, -0.05) is 49.2 Å². The average molecular weight is 406 g/mol. The fraction of sp³-hybridized carbons (Fsp3) is 0.538. The fourth-order valence-electron chi connectivity index (χ4n) is 5.15. The van der Waals surface area contributed by atoms with E-state index in [0.717, 1.165) is 51.1 Å². The van der Waals surface area contributed by atoms with E-state index in [9.17, 15) is 4.79 Å². The Balaban J connectivity index is 1.37. The molecule has 30 heavy (non-hydrogen) atoms. The van der Waals surface area contributed by atoms with Crippen LogP contribution in [0.25, 0.3) is 0 Å². The van der Waals surface area contributed by atoms with Crippen molar-refractivity contribution in [2.75, 3.05) is 26.2 Å². The number of pyridine rings is 1. The van der Waals surface area contributed by atoms with Crippen molar-refractivity contribution in [2.24, 2.45) is 5.92 Å². The van der Waals surface area contributed by atoms with Crippen LogP contribution in [0.3, 0.4) is 0 Å². The molecule has 1 aromatic carbocycles. The standard InChI is InChI=1S/C26H35N3O/c30-26(15-8-11-22-9-2-1-3-10-22)29-18-17-28(25-13-4-5-14-25)20-23(21-29)19-24-12-6-7-16-27-24/h1-3,6-7,9-10,12,16,23,25H,4-5,8,11,13-15,17-21H2. The van der Waals surface area contributed by atoms with E-state index in [2.05, 4.69) is 51.2 Å². The molecule has 4 heteroatoms. The van der Waals surface area contributed by atoms with Crippen LogP contribution >= 0.6 is 0 Å². The van der Waals surface area contributed by atoms with E-state index in [1.807, 2.05) is 18.3 Å². The van der Waals surface area contributed by atoms with Crippen molar-refractivity contribution in [3.63, 3.8) is 0 Å². The van der Waals surface area contributed by atoms with Gasteiger partial charge in [0.1, 0.15) is 0 Å². The van der Waals surface area contributed by atoms with Gasteiger partial charge >= 0.3 is 0 Å². The third-order valence-corrected chi connectivity index (χ3v) is 6.75. The third-order valence-electron chi connectivity index (χ3n) is 6.75. The summed E-state index contributed by atoms with van der Waals surface area (Å²) in [6, 6.07) is 17.4. The molecule has 2 aliphatic rings. The first kappa shape index (κ1) is 21.0. The van der Waals surface area contributed by atoms with Crippen molar-refractivity contribution in [3.05, 3.63) is 66.0 Å².